The molecule has 18 heavy (non-hydrogen) atoms. The summed E-state index contributed by atoms with van der Waals surface area (Å²) in [6.07, 6.45) is 2.91. The molecule has 0 fully saturated rings. The van der Waals surface area contributed by atoms with Crippen molar-refractivity contribution in [2.75, 3.05) is 6.61 Å². The summed E-state index contributed by atoms with van der Waals surface area (Å²) in [4.78, 5) is 10.8. The number of halogens is 1. The molecule has 1 rings (SSSR count). The Balaban J connectivity index is 2.66. The van der Waals surface area contributed by atoms with Crippen molar-refractivity contribution in [3.05, 3.63) is 40.4 Å². The Morgan fingerprint density at radius 3 is 2.72 bits per heavy atom. The SMILES string of the molecule is CCC(=CCOc1ccc(Cl)c(CC)c1)C(=O)O. The van der Waals surface area contributed by atoms with Crippen molar-refractivity contribution in [1.82, 2.24) is 0 Å². The smallest absolute Gasteiger partial charge is 0.331 e. The quantitative estimate of drug-likeness (QED) is 0.800. The molecule has 0 heterocycles. The standard InChI is InChI=1S/C14H17ClO3/c1-3-10(14(16)17)7-8-18-12-5-6-13(15)11(4-2)9-12/h5-7,9H,3-4,8H2,1-2H3,(H,16,17). The lowest BCUT2D eigenvalue weighted by Gasteiger charge is -2.07. The summed E-state index contributed by atoms with van der Waals surface area (Å²) in [6.45, 7) is 4.07. The van der Waals surface area contributed by atoms with Crippen LogP contribution in [0.25, 0.3) is 0 Å². The molecular weight excluding hydrogens is 252 g/mol. The number of carboxylic acids is 1. The molecule has 0 aliphatic heterocycles. The monoisotopic (exact) mass is 268 g/mol. The van der Waals surface area contributed by atoms with Gasteiger partial charge in [0, 0.05) is 10.6 Å². The second-order valence-corrected chi connectivity index (χ2v) is 4.21. The van der Waals surface area contributed by atoms with Crippen LogP contribution in [0.3, 0.4) is 0 Å². The summed E-state index contributed by atoms with van der Waals surface area (Å²) < 4.78 is 5.49. The van der Waals surface area contributed by atoms with Gasteiger partial charge in [0.25, 0.3) is 0 Å². The van der Waals surface area contributed by atoms with E-state index in [1.807, 2.05) is 13.0 Å². The van der Waals surface area contributed by atoms with Crippen LogP contribution in [0.1, 0.15) is 25.8 Å². The number of hydrogen-bond acceptors (Lipinski definition) is 2. The molecule has 0 aromatic heterocycles. The lowest BCUT2D eigenvalue weighted by atomic mass is 10.1. The van der Waals surface area contributed by atoms with Gasteiger partial charge < -0.3 is 9.84 Å². The number of aliphatic carboxylic acids is 1. The van der Waals surface area contributed by atoms with E-state index in [-0.39, 0.29) is 6.61 Å². The van der Waals surface area contributed by atoms with Crippen molar-refractivity contribution in [3.8, 4) is 5.75 Å². The summed E-state index contributed by atoms with van der Waals surface area (Å²) in [5.41, 5.74) is 1.38. The second-order valence-electron chi connectivity index (χ2n) is 3.81. The van der Waals surface area contributed by atoms with Gasteiger partial charge in [0.05, 0.1) is 0 Å². The van der Waals surface area contributed by atoms with Gasteiger partial charge in [0.2, 0.25) is 0 Å². The molecule has 3 nitrogen and oxygen atoms in total. The normalized spacial score (nSPS) is 11.4. The van der Waals surface area contributed by atoms with Gasteiger partial charge in [-0.25, -0.2) is 4.79 Å². The number of carbonyl (C=O) groups is 1. The largest absolute Gasteiger partial charge is 0.490 e. The highest BCUT2D eigenvalue weighted by Crippen LogP contribution is 2.22. The molecule has 0 aliphatic rings. The van der Waals surface area contributed by atoms with Crippen LogP contribution in [0.5, 0.6) is 5.75 Å². The van der Waals surface area contributed by atoms with Crippen LogP contribution in [0.4, 0.5) is 0 Å². The molecule has 0 radical (unpaired) electrons. The average Bonchev–Trinajstić information content (AvgIpc) is 2.36. The topological polar surface area (TPSA) is 46.5 Å². The van der Waals surface area contributed by atoms with E-state index in [4.69, 9.17) is 21.4 Å². The van der Waals surface area contributed by atoms with Gasteiger partial charge in [0.1, 0.15) is 12.4 Å². The number of aryl methyl sites for hydroxylation is 1. The minimum Gasteiger partial charge on any atom is -0.490 e. The maximum atomic E-state index is 10.8. The third-order valence-corrected chi connectivity index (χ3v) is 3.00. The molecule has 1 N–H and O–H groups in total. The highest BCUT2D eigenvalue weighted by Gasteiger charge is 2.04. The Kier molecular flexibility index (Phi) is 5.72. The van der Waals surface area contributed by atoms with E-state index in [0.29, 0.717) is 17.7 Å². The molecule has 0 amide bonds. The average molecular weight is 269 g/mol. The van der Waals surface area contributed by atoms with Crippen molar-refractivity contribution in [1.29, 1.82) is 0 Å². The molecule has 0 spiro atoms. The van der Waals surface area contributed by atoms with Crippen LogP contribution in [0, 0.1) is 0 Å². The van der Waals surface area contributed by atoms with Gasteiger partial charge in [0.15, 0.2) is 0 Å². The van der Waals surface area contributed by atoms with E-state index in [9.17, 15) is 4.79 Å². The summed E-state index contributed by atoms with van der Waals surface area (Å²) in [6, 6.07) is 5.45. The molecule has 1 aromatic rings. The maximum absolute atomic E-state index is 10.8. The molecule has 0 unspecified atom stereocenters. The fraction of sp³-hybridized carbons (Fsp3) is 0.357. The third-order valence-electron chi connectivity index (χ3n) is 2.63. The van der Waals surface area contributed by atoms with Crippen LogP contribution in [0.15, 0.2) is 29.8 Å². The minimum absolute atomic E-state index is 0.250. The molecule has 0 saturated heterocycles. The highest BCUT2D eigenvalue weighted by atomic mass is 35.5. The van der Waals surface area contributed by atoms with Gasteiger partial charge in [-0.1, -0.05) is 25.4 Å². The van der Waals surface area contributed by atoms with Crippen LogP contribution < -0.4 is 4.74 Å². The van der Waals surface area contributed by atoms with E-state index in [1.165, 1.54) is 0 Å². The van der Waals surface area contributed by atoms with E-state index in [2.05, 4.69) is 0 Å². The summed E-state index contributed by atoms with van der Waals surface area (Å²) >= 11 is 6.00. The Morgan fingerprint density at radius 1 is 1.44 bits per heavy atom. The Hall–Kier alpha value is -1.48. The maximum Gasteiger partial charge on any atom is 0.331 e. The lowest BCUT2D eigenvalue weighted by Crippen LogP contribution is -2.03. The van der Waals surface area contributed by atoms with E-state index in [0.717, 1.165) is 17.0 Å². The zero-order chi connectivity index (χ0) is 13.5. The van der Waals surface area contributed by atoms with Gasteiger partial charge in [-0.2, -0.15) is 0 Å². The number of rotatable bonds is 6. The molecule has 1 aromatic carbocycles. The van der Waals surface area contributed by atoms with Crippen molar-refractivity contribution >= 4 is 17.6 Å². The van der Waals surface area contributed by atoms with Crippen LogP contribution in [0.2, 0.25) is 5.02 Å². The summed E-state index contributed by atoms with van der Waals surface area (Å²) in [5.74, 6) is -0.195. The molecule has 0 bridgehead atoms. The predicted molar refractivity (Wildman–Crippen MR) is 72.3 cm³/mol. The molecule has 0 saturated carbocycles. The minimum atomic E-state index is -0.897. The highest BCUT2D eigenvalue weighted by molar-refractivity contribution is 6.31. The zero-order valence-electron chi connectivity index (χ0n) is 10.6. The Morgan fingerprint density at radius 2 is 2.17 bits per heavy atom. The van der Waals surface area contributed by atoms with E-state index < -0.39 is 5.97 Å². The molecule has 0 aliphatic carbocycles. The van der Waals surface area contributed by atoms with Crippen LogP contribution >= 0.6 is 11.6 Å². The second kappa shape index (κ2) is 7.07. The first-order chi connectivity index (χ1) is 8.58. The molecule has 4 heteroatoms. The van der Waals surface area contributed by atoms with Crippen LogP contribution in [-0.4, -0.2) is 17.7 Å². The van der Waals surface area contributed by atoms with Gasteiger partial charge >= 0.3 is 5.97 Å². The summed E-state index contributed by atoms with van der Waals surface area (Å²) in [5, 5.41) is 9.57. The van der Waals surface area contributed by atoms with Crippen molar-refractivity contribution in [3.63, 3.8) is 0 Å². The third kappa shape index (κ3) is 4.08. The zero-order valence-corrected chi connectivity index (χ0v) is 11.3. The fourth-order valence-corrected chi connectivity index (χ4v) is 1.78. The van der Waals surface area contributed by atoms with Crippen molar-refractivity contribution in [2.45, 2.75) is 26.7 Å². The lowest BCUT2D eigenvalue weighted by molar-refractivity contribution is -0.132. The van der Waals surface area contributed by atoms with Crippen molar-refractivity contribution in [2.24, 2.45) is 0 Å². The first kappa shape index (κ1) is 14.6. The predicted octanol–water partition coefficient (Wildman–Crippen LogP) is 3.70. The summed E-state index contributed by atoms with van der Waals surface area (Å²) in [7, 11) is 0. The van der Waals surface area contributed by atoms with Gasteiger partial charge in [-0.15, -0.1) is 0 Å². The molecule has 0 atom stereocenters. The first-order valence-electron chi connectivity index (χ1n) is 5.92. The number of ether oxygens (including phenoxy) is 1. The first-order valence-corrected chi connectivity index (χ1v) is 6.29. The van der Waals surface area contributed by atoms with Gasteiger partial charge in [-0.05, 0) is 42.7 Å². The van der Waals surface area contributed by atoms with E-state index >= 15 is 0 Å². The van der Waals surface area contributed by atoms with E-state index in [1.54, 1.807) is 25.1 Å². The number of benzene rings is 1. The molecule has 98 valence electrons. The van der Waals surface area contributed by atoms with Crippen LogP contribution in [-0.2, 0) is 11.2 Å². The Labute approximate surface area is 112 Å². The van der Waals surface area contributed by atoms with Crippen molar-refractivity contribution < 1.29 is 14.6 Å². The molecular formula is C14H17ClO3. The number of hydrogen-bond donors (Lipinski definition) is 1. The van der Waals surface area contributed by atoms with Gasteiger partial charge in [-0.3, -0.25) is 0 Å². The fourth-order valence-electron chi connectivity index (χ4n) is 1.53. The Bertz CT molecular complexity index is 452. The number of carboxylic acid groups (broad SMARTS) is 1.